The molecule has 0 unspecified atom stereocenters. The first-order valence-electron chi connectivity index (χ1n) is 7.86. The lowest BCUT2D eigenvalue weighted by Crippen LogP contribution is -2.32. The molecule has 7 heteroatoms. The van der Waals surface area contributed by atoms with Gasteiger partial charge in [0, 0.05) is 13.1 Å². The Labute approximate surface area is 135 Å². The number of nitrogens with zero attached hydrogens (tertiary/aromatic N) is 2. The summed E-state index contributed by atoms with van der Waals surface area (Å²) in [5.41, 5.74) is 2.07. The van der Waals surface area contributed by atoms with E-state index in [9.17, 15) is 13.2 Å². The summed E-state index contributed by atoms with van der Waals surface area (Å²) in [5.74, 6) is 0.559. The molecule has 2 heterocycles. The number of hydrogen-bond donors (Lipinski definition) is 1. The van der Waals surface area contributed by atoms with Gasteiger partial charge < -0.3 is 9.88 Å². The fourth-order valence-electron chi connectivity index (χ4n) is 3.07. The number of carbonyl (C=O) groups is 1. The molecule has 1 aliphatic rings. The maximum atomic E-state index is 12.0. The van der Waals surface area contributed by atoms with Crippen molar-refractivity contribution in [3.8, 4) is 0 Å². The van der Waals surface area contributed by atoms with Crippen molar-refractivity contribution in [2.24, 2.45) is 5.92 Å². The molecule has 3 rings (SSSR count). The first kappa shape index (κ1) is 16.0. The van der Waals surface area contributed by atoms with Crippen LogP contribution >= 0.6 is 0 Å². The van der Waals surface area contributed by atoms with Crippen molar-refractivity contribution >= 4 is 26.8 Å². The summed E-state index contributed by atoms with van der Waals surface area (Å²) >= 11 is 0. The van der Waals surface area contributed by atoms with Crippen LogP contribution in [-0.2, 0) is 21.2 Å². The highest BCUT2D eigenvalue weighted by Crippen LogP contribution is 2.18. The lowest BCUT2D eigenvalue weighted by Gasteiger charge is -2.10. The zero-order valence-corrected chi connectivity index (χ0v) is 14.0. The van der Waals surface area contributed by atoms with Crippen LogP contribution in [-0.4, -0.2) is 41.9 Å². The number of carbonyl (C=O) groups excluding carboxylic acids is 1. The van der Waals surface area contributed by atoms with Crippen LogP contribution in [0.1, 0.15) is 18.7 Å². The summed E-state index contributed by atoms with van der Waals surface area (Å²) in [6, 6.07) is 7.98. The molecule has 1 saturated heterocycles. The van der Waals surface area contributed by atoms with Gasteiger partial charge in [-0.15, -0.1) is 0 Å². The smallest absolute Gasteiger partial charge is 0.224 e. The van der Waals surface area contributed by atoms with E-state index in [0.717, 1.165) is 29.8 Å². The molecular formula is C16H21N3O3S. The van der Waals surface area contributed by atoms with Crippen LogP contribution < -0.4 is 5.32 Å². The summed E-state index contributed by atoms with van der Waals surface area (Å²) in [5, 5.41) is 2.86. The Morgan fingerprint density at radius 1 is 1.39 bits per heavy atom. The number of benzene rings is 1. The van der Waals surface area contributed by atoms with Crippen LogP contribution in [0.25, 0.3) is 11.0 Å². The normalized spacial score (nSPS) is 20.0. The molecule has 6 nitrogen and oxygen atoms in total. The summed E-state index contributed by atoms with van der Waals surface area (Å²) in [6.07, 6.45) is 1.23. The molecule has 0 saturated carbocycles. The number of rotatable bonds is 5. The van der Waals surface area contributed by atoms with Gasteiger partial charge in [-0.25, -0.2) is 13.4 Å². The van der Waals surface area contributed by atoms with E-state index in [4.69, 9.17) is 0 Å². The average Bonchev–Trinajstić information content (AvgIpc) is 3.03. The van der Waals surface area contributed by atoms with Crippen LogP contribution in [0.15, 0.2) is 24.3 Å². The van der Waals surface area contributed by atoms with Gasteiger partial charge in [0.2, 0.25) is 5.91 Å². The van der Waals surface area contributed by atoms with Crippen LogP contribution in [0, 0.1) is 12.8 Å². The van der Waals surface area contributed by atoms with Gasteiger partial charge in [0.25, 0.3) is 0 Å². The van der Waals surface area contributed by atoms with E-state index in [2.05, 4.69) is 14.9 Å². The number of nitrogens with one attached hydrogen (secondary N) is 1. The predicted molar refractivity (Wildman–Crippen MR) is 88.9 cm³/mol. The van der Waals surface area contributed by atoms with Crippen molar-refractivity contribution < 1.29 is 13.2 Å². The molecule has 0 radical (unpaired) electrons. The molecule has 23 heavy (non-hydrogen) atoms. The molecule has 0 aliphatic carbocycles. The van der Waals surface area contributed by atoms with Gasteiger partial charge in [-0.05, 0) is 31.9 Å². The highest BCUT2D eigenvalue weighted by molar-refractivity contribution is 7.91. The standard InChI is InChI=1S/C16H21N3O3S/c1-12-18-14-5-2-3-6-15(14)19(12)9-4-8-17-16(20)13-7-10-23(21,22)11-13/h2-3,5-6,13H,4,7-11H2,1H3,(H,17,20)/t13-/m0/s1. The van der Waals surface area contributed by atoms with E-state index in [1.165, 1.54) is 0 Å². The third-order valence-corrected chi connectivity index (χ3v) is 6.07. The number of sulfone groups is 1. The monoisotopic (exact) mass is 335 g/mol. The van der Waals surface area contributed by atoms with E-state index in [0.29, 0.717) is 13.0 Å². The van der Waals surface area contributed by atoms with Gasteiger partial charge >= 0.3 is 0 Å². The largest absolute Gasteiger partial charge is 0.356 e. The summed E-state index contributed by atoms with van der Waals surface area (Å²) in [6.45, 7) is 3.29. The second-order valence-electron chi connectivity index (χ2n) is 6.04. The first-order chi connectivity index (χ1) is 11.0. The van der Waals surface area contributed by atoms with Crippen molar-refractivity contribution in [3.63, 3.8) is 0 Å². The molecule has 1 fully saturated rings. The van der Waals surface area contributed by atoms with Crippen LogP contribution in [0.3, 0.4) is 0 Å². The van der Waals surface area contributed by atoms with E-state index < -0.39 is 9.84 Å². The highest BCUT2D eigenvalue weighted by Gasteiger charge is 2.32. The minimum atomic E-state index is -3.01. The number of fused-ring (bicyclic) bond motifs is 1. The van der Waals surface area contributed by atoms with Crippen molar-refractivity contribution in [1.82, 2.24) is 14.9 Å². The fourth-order valence-corrected chi connectivity index (χ4v) is 4.81. The zero-order valence-electron chi connectivity index (χ0n) is 13.2. The average molecular weight is 335 g/mol. The van der Waals surface area contributed by atoms with Crippen molar-refractivity contribution in [2.45, 2.75) is 26.3 Å². The molecule has 2 aromatic rings. The quantitative estimate of drug-likeness (QED) is 0.835. The van der Waals surface area contributed by atoms with Crippen molar-refractivity contribution in [3.05, 3.63) is 30.1 Å². The zero-order chi connectivity index (χ0) is 16.4. The molecular weight excluding hydrogens is 314 g/mol. The molecule has 1 atom stereocenters. The number of para-hydroxylation sites is 2. The van der Waals surface area contributed by atoms with Gasteiger partial charge in [-0.3, -0.25) is 4.79 Å². The lowest BCUT2D eigenvalue weighted by atomic mass is 10.1. The maximum Gasteiger partial charge on any atom is 0.224 e. The van der Waals surface area contributed by atoms with E-state index in [1.54, 1.807) is 0 Å². The number of imidazole rings is 1. The van der Waals surface area contributed by atoms with Crippen LogP contribution in [0.5, 0.6) is 0 Å². The molecule has 0 bridgehead atoms. The Morgan fingerprint density at radius 2 is 2.17 bits per heavy atom. The number of aromatic nitrogens is 2. The molecule has 1 aromatic heterocycles. The van der Waals surface area contributed by atoms with Crippen molar-refractivity contribution in [1.29, 1.82) is 0 Å². The second-order valence-corrected chi connectivity index (χ2v) is 8.27. The Hall–Kier alpha value is -1.89. The first-order valence-corrected chi connectivity index (χ1v) is 9.68. The predicted octanol–water partition coefficient (Wildman–Crippen LogP) is 1.29. The number of aryl methyl sites for hydroxylation is 2. The van der Waals surface area contributed by atoms with Gasteiger partial charge in [0.15, 0.2) is 9.84 Å². The van der Waals surface area contributed by atoms with Crippen molar-refractivity contribution in [2.75, 3.05) is 18.1 Å². The molecule has 1 aliphatic heterocycles. The molecule has 1 aromatic carbocycles. The number of hydrogen-bond acceptors (Lipinski definition) is 4. The fraction of sp³-hybridized carbons (Fsp3) is 0.500. The minimum Gasteiger partial charge on any atom is -0.356 e. The Bertz CT molecular complexity index is 826. The SMILES string of the molecule is Cc1nc2ccccc2n1CCCNC(=O)[C@H]1CCS(=O)(=O)C1. The molecule has 1 amide bonds. The topological polar surface area (TPSA) is 81.1 Å². The second kappa shape index (κ2) is 6.31. The van der Waals surface area contributed by atoms with Gasteiger partial charge in [-0.1, -0.05) is 12.1 Å². The lowest BCUT2D eigenvalue weighted by molar-refractivity contribution is -0.124. The highest BCUT2D eigenvalue weighted by atomic mass is 32.2. The molecule has 0 spiro atoms. The minimum absolute atomic E-state index is 0.00982. The Morgan fingerprint density at radius 3 is 2.91 bits per heavy atom. The Balaban J connectivity index is 1.52. The Kier molecular flexibility index (Phi) is 4.39. The van der Waals surface area contributed by atoms with Crippen LogP contribution in [0.2, 0.25) is 0 Å². The number of amides is 1. The van der Waals surface area contributed by atoms with E-state index >= 15 is 0 Å². The third-order valence-electron chi connectivity index (χ3n) is 4.31. The van der Waals surface area contributed by atoms with Gasteiger partial charge in [0.1, 0.15) is 5.82 Å². The van der Waals surface area contributed by atoms with E-state index in [1.807, 2.05) is 31.2 Å². The maximum absolute atomic E-state index is 12.0. The van der Waals surface area contributed by atoms with Crippen LogP contribution in [0.4, 0.5) is 0 Å². The summed E-state index contributed by atoms with van der Waals surface area (Å²) < 4.78 is 24.9. The van der Waals surface area contributed by atoms with E-state index in [-0.39, 0.29) is 23.3 Å². The summed E-state index contributed by atoms with van der Waals surface area (Å²) in [4.78, 5) is 16.5. The molecule has 124 valence electrons. The van der Waals surface area contributed by atoms with Gasteiger partial charge in [0.05, 0.1) is 28.5 Å². The van der Waals surface area contributed by atoms with Gasteiger partial charge in [-0.2, -0.15) is 0 Å². The summed E-state index contributed by atoms with van der Waals surface area (Å²) in [7, 11) is -3.01. The molecule has 1 N–H and O–H groups in total. The third kappa shape index (κ3) is 3.55.